The van der Waals surface area contributed by atoms with Gasteiger partial charge in [-0.1, -0.05) is 36.7 Å². The Morgan fingerprint density at radius 1 is 1.16 bits per heavy atom. The van der Waals surface area contributed by atoms with E-state index in [1.54, 1.807) is 11.9 Å². The van der Waals surface area contributed by atoms with Gasteiger partial charge in [-0.3, -0.25) is 5.41 Å². The molecule has 4 rings (SSSR count). The number of hydrogen-bond donors (Lipinski definition) is 3. The summed E-state index contributed by atoms with van der Waals surface area (Å²) in [4.78, 5) is 8.49. The summed E-state index contributed by atoms with van der Waals surface area (Å²) in [6, 6.07) is 17.2. The second-order valence-electron chi connectivity index (χ2n) is 7.09. The first-order chi connectivity index (χ1) is 15.1. The van der Waals surface area contributed by atoms with Crippen molar-refractivity contribution in [2.75, 3.05) is 24.1 Å². The van der Waals surface area contributed by atoms with Gasteiger partial charge in [0.1, 0.15) is 29.5 Å². The molecular formula is C23H24N6OS. The Labute approximate surface area is 186 Å². The number of anilines is 2. The fraction of sp³-hybridized carbons (Fsp3) is 0.174. The Morgan fingerprint density at radius 2 is 1.90 bits per heavy atom. The molecule has 158 valence electrons. The molecule has 3 aromatic rings. The highest BCUT2D eigenvalue weighted by Crippen LogP contribution is 2.27. The van der Waals surface area contributed by atoms with Gasteiger partial charge in [0.2, 0.25) is 0 Å². The third-order valence-corrected chi connectivity index (χ3v) is 5.74. The van der Waals surface area contributed by atoms with Crippen LogP contribution in [-0.4, -0.2) is 39.1 Å². The van der Waals surface area contributed by atoms with Crippen molar-refractivity contribution >= 4 is 29.3 Å². The summed E-state index contributed by atoms with van der Waals surface area (Å²) in [5.41, 5.74) is 7.64. The molecule has 8 heteroatoms. The van der Waals surface area contributed by atoms with Gasteiger partial charge in [0.15, 0.2) is 0 Å². The third-order valence-electron chi connectivity index (χ3n) is 4.96. The van der Waals surface area contributed by atoms with Crippen LogP contribution in [0.5, 0.6) is 11.5 Å². The molecule has 0 bridgehead atoms. The van der Waals surface area contributed by atoms with Crippen LogP contribution in [0.25, 0.3) is 0 Å². The maximum Gasteiger partial charge on any atom is 0.141 e. The van der Waals surface area contributed by atoms with Gasteiger partial charge in [-0.15, -0.1) is 0 Å². The fourth-order valence-electron chi connectivity index (χ4n) is 3.45. The van der Waals surface area contributed by atoms with Crippen molar-refractivity contribution in [1.29, 1.82) is 5.41 Å². The molecule has 31 heavy (non-hydrogen) atoms. The summed E-state index contributed by atoms with van der Waals surface area (Å²) in [5.74, 6) is 2.32. The second kappa shape index (κ2) is 9.63. The lowest BCUT2D eigenvalue weighted by Crippen LogP contribution is -2.25. The number of hydrogen-bond acceptors (Lipinski definition) is 8. The van der Waals surface area contributed by atoms with Crippen molar-refractivity contribution in [2.24, 2.45) is 0 Å². The second-order valence-corrected chi connectivity index (χ2v) is 8.15. The monoisotopic (exact) mass is 432 g/mol. The zero-order valence-electron chi connectivity index (χ0n) is 17.0. The van der Waals surface area contributed by atoms with Crippen LogP contribution in [0.1, 0.15) is 17.5 Å². The number of nitrogens with two attached hydrogens (primary N) is 1. The van der Waals surface area contributed by atoms with E-state index < -0.39 is 0 Å². The first kappa shape index (κ1) is 20.9. The van der Waals surface area contributed by atoms with Crippen LogP contribution in [0.4, 0.5) is 11.6 Å². The minimum Gasteiger partial charge on any atom is -0.457 e. The molecule has 1 unspecified atom stereocenters. The quantitative estimate of drug-likeness (QED) is 0.355. The third kappa shape index (κ3) is 5.04. The average Bonchev–Trinajstić information content (AvgIpc) is 3.22. The van der Waals surface area contributed by atoms with Gasteiger partial charge in [0, 0.05) is 24.7 Å². The summed E-state index contributed by atoms with van der Waals surface area (Å²) >= 11 is 1.61. The van der Waals surface area contributed by atoms with Crippen molar-refractivity contribution in [3.63, 3.8) is 0 Å². The van der Waals surface area contributed by atoms with Gasteiger partial charge in [0.25, 0.3) is 0 Å². The first-order valence-electron chi connectivity index (χ1n) is 9.96. The molecule has 0 radical (unpaired) electrons. The van der Waals surface area contributed by atoms with E-state index >= 15 is 0 Å². The van der Waals surface area contributed by atoms with E-state index in [0.29, 0.717) is 22.7 Å². The number of nitrogen functional groups attached to an aromatic ring is 1. The number of nitrogens with one attached hydrogen (secondary N) is 2. The lowest BCUT2D eigenvalue weighted by Gasteiger charge is -2.18. The maximum atomic E-state index is 8.76. The van der Waals surface area contributed by atoms with Crippen molar-refractivity contribution in [3.8, 4) is 11.5 Å². The van der Waals surface area contributed by atoms with E-state index in [0.717, 1.165) is 25.3 Å². The Hall–Kier alpha value is -3.36. The fourth-order valence-corrected chi connectivity index (χ4v) is 4.14. The standard InChI is InChI=1S/C23H24N6OS/c1-2-31-29-13-12-17(14-29)28-23-20(22(25)26-15-27-23)21(24)16-8-10-19(11-9-16)30-18-6-4-3-5-7-18/h2-11,15,17,24H,1,12-14H2,(H3,25,26,27,28). The van der Waals surface area contributed by atoms with Gasteiger partial charge in [0.05, 0.1) is 11.3 Å². The van der Waals surface area contributed by atoms with Crippen LogP contribution in [0.3, 0.4) is 0 Å². The smallest absolute Gasteiger partial charge is 0.141 e. The van der Waals surface area contributed by atoms with E-state index in [1.807, 2.05) is 60.0 Å². The van der Waals surface area contributed by atoms with E-state index in [-0.39, 0.29) is 17.6 Å². The molecule has 0 spiro atoms. The number of benzene rings is 2. The molecular weight excluding hydrogens is 408 g/mol. The van der Waals surface area contributed by atoms with E-state index in [9.17, 15) is 0 Å². The highest BCUT2D eigenvalue weighted by atomic mass is 32.2. The topological polar surface area (TPSA) is 100 Å². The summed E-state index contributed by atoms with van der Waals surface area (Å²) in [6.45, 7) is 5.59. The Balaban J connectivity index is 1.51. The van der Waals surface area contributed by atoms with Crippen LogP contribution in [0.2, 0.25) is 0 Å². The van der Waals surface area contributed by atoms with E-state index in [2.05, 4.69) is 26.2 Å². The lowest BCUT2D eigenvalue weighted by molar-refractivity contribution is 0.482. The molecule has 2 aromatic carbocycles. The summed E-state index contributed by atoms with van der Waals surface area (Å²) in [5, 5.41) is 14.0. The molecule has 4 N–H and O–H groups in total. The number of para-hydroxylation sites is 1. The average molecular weight is 433 g/mol. The Bertz CT molecular complexity index is 1060. The minimum absolute atomic E-state index is 0.218. The molecule has 0 aliphatic carbocycles. The lowest BCUT2D eigenvalue weighted by atomic mass is 10.0. The zero-order chi connectivity index (χ0) is 21.6. The molecule has 1 aliphatic rings. The van der Waals surface area contributed by atoms with Crippen LogP contribution >= 0.6 is 11.9 Å². The highest BCUT2D eigenvalue weighted by molar-refractivity contribution is 7.99. The first-order valence-corrected chi connectivity index (χ1v) is 10.8. The van der Waals surface area contributed by atoms with Crippen LogP contribution < -0.4 is 15.8 Å². The molecule has 1 aromatic heterocycles. The SMILES string of the molecule is C=CSN1CCC(Nc2ncnc(N)c2C(=N)c2ccc(Oc3ccccc3)cc2)C1. The molecule has 7 nitrogen and oxygen atoms in total. The van der Waals surface area contributed by atoms with Crippen molar-refractivity contribution in [1.82, 2.24) is 14.3 Å². The highest BCUT2D eigenvalue weighted by Gasteiger charge is 2.25. The molecule has 2 heterocycles. The molecule has 0 saturated carbocycles. The summed E-state index contributed by atoms with van der Waals surface area (Å²) in [6.07, 6.45) is 2.40. The number of ether oxygens (including phenoxy) is 1. The van der Waals surface area contributed by atoms with Crippen LogP contribution in [0, 0.1) is 5.41 Å². The molecule has 0 amide bonds. The minimum atomic E-state index is 0.218. The van der Waals surface area contributed by atoms with Crippen molar-refractivity contribution in [2.45, 2.75) is 12.5 Å². The molecule has 1 atom stereocenters. The van der Waals surface area contributed by atoms with Crippen molar-refractivity contribution < 1.29 is 4.74 Å². The summed E-state index contributed by atoms with van der Waals surface area (Å²) in [7, 11) is 0. The summed E-state index contributed by atoms with van der Waals surface area (Å²) < 4.78 is 8.08. The predicted octanol–water partition coefficient (Wildman–Crippen LogP) is 4.55. The Kier molecular flexibility index (Phi) is 6.49. The largest absolute Gasteiger partial charge is 0.457 e. The zero-order valence-corrected chi connectivity index (χ0v) is 17.8. The van der Waals surface area contributed by atoms with E-state index in [1.165, 1.54) is 6.33 Å². The number of rotatable bonds is 8. The maximum absolute atomic E-state index is 8.76. The van der Waals surface area contributed by atoms with Crippen LogP contribution in [0.15, 0.2) is 72.9 Å². The van der Waals surface area contributed by atoms with Gasteiger partial charge in [-0.25, -0.2) is 14.3 Å². The van der Waals surface area contributed by atoms with Gasteiger partial charge < -0.3 is 15.8 Å². The Morgan fingerprint density at radius 3 is 2.65 bits per heavy atom. The number of nitrogens with zero attached hydrogens (tertiary/aromatic N) is 3. The molecule has 1 aliphatic heterocycles. The predicted molar refractivity (Wildman–Crippen MR) is 127 cm³/mol. The van der Waals surface area contributed by atoms with Crippen LogP contribution in [-0.2, 0) is 0 Å². The van der Waals surface area contributed by atoms with Gasteiger partial charge in [-0.2, -0.15) is 0 Å². The van der Waals surface area contributed by atoms with Gasteiger partial charge >= 0.3 is 0 Å². The normalized spacial score (nSPS) is 16.1. The van der Waals surface area contributed by atoms with Crippen molar-refractivity contribution in [3.05, 3.63) is 84.0 Å². The molecule has 1 saturated heterocycles. The van der Waals surface area contributed by atoms with E-state index in [4.69, 9.17) is 15.9 Å². The number of aromatic nitrogens is 2. The van der Waals surface area contributed by atoms with Gasteiger partial charge in [-0.05, 0) is 48.2 Å². The molecule has 1 fully saturated rings.